The summed E-state index contributed by atoms with van der Waals surface area (Å²) in [6, 6.07) is 7.62. The molecular weight excluding hydrogens is 530 g/mol. The Bertz CT molecular complexity index is 1520. The highest BCUT2D eigenvalue weighted by Gasteiger charge is 2.37. The highest BCUT2D eigenvalue weighted by molar-refractivity contribution is 8.26. The lowest BCUT2D eigenvalue weighted by Crippen LogP contribution is -2.57. The standard InChI is InChI=1S/C25H23N5O6S2/c1-2-35-20(31)13-17-22(32)26-8-10-28(17)21-16(23(33)29-9-4-3-7-19(29)27-21)12-18-24(34)30(25(37)38-18)14-15-6-5-11-36-15/h3-7,9,11-12,17H,2,8,10,13-14H2,1H3,(H,26,32)/b18-12-. The van der Waals surface area contributed by atoms with Gasteiger partial charge in [-0.3, -0.25) is 28.5 Å². The SMILES string of the molecule is CCOC(=O)CC1C(=O)NCCN1c1nc2ccccn2c(=O)c1/C=C1\SC(=S)N(Cc2ccco2)C1=O. The highest BCUT2D eigenvalue weighted by atomic mass is 32.2. The molecule has 0 aliphatic carbocycles. The number of piperazine rings is 1. The van der Waals surface area contributed by atoms with Crippen LogP contribution in [0.4, 0.5) is 5.82 Å². The molecule has 2 saturated heterocycles. The van der Waals surface area contributed by atoms with E-state index in [-0.39, 0.29) is 47.7 Å². The van der Waals surface area contributed by atoms with Gasteiger partial charge in [0.2, 0.25) is 5.91 Å². The Morgan fingerprint density at radius 3 is 2.89 bits per heavy atom. The molecule has 3 aromatic heterocycles. The zero-order chi connectivity index (χ0) is 26.8. The molecule has 3 aromatic rings. The van der Waals surface area contributed by atoms with Gasteiger partial charge in [0.05, 0.1) is 36.3 Å². The van der Waals surface area contributed by atoms with Crippen LogP contribution in [-0.2, 0) is 25.7 Å². The maximum Gasteiger partial charge on any atom is 0.308 e. The Morgan fingerprint density at radius 1 is 1.29 bits per heavy atom. The van der Waals surface area contributed by atoms with Crippen LogP contribution in [0, 0.1) is 0 Å². The summed E-state index contributed by atoms with van der Waals surface area (Å²) in [5.41, 5.74) is 0.0365. The Labute approximate surface area is 226 Å². The second-order valence-corrected chi connectivity index (χ2v) is 10.1. The lowest BCUT2D eigenvalue weighted by atomic mass is 10.1. The van der Waals surface area contributed by atoms with Crippen molar-refractivity contribution in [3.63, 3.8) is 0 Å². The molecule has 1 unspecified atom stereocenters. The molecule has 0 radical (unpaired) electrons. The number of fused-ring (bicyclic) bond motifs is 1. The van der Waals surface area contributed by atoms with E-state index in [0.29, 0.717) is 28.8 Å². The largest absolute Gasteiger partial charge is 0.467 e. The van der Waals surface area contributed by atoms with E-state index in [0.717, 1.165) is 11.8 Å². The minimum atomic E-state index is -0.943. The molecule has 11 nitrogen and oxygen atoms in total. The number of hydrogen-bond acceptors (Lipinski definition) is 10. The summed E-state index contributed by atoms with van der Waals surface area (Å²) in [7, 11) is 0. The number of carbonyl (C=O) groups excluding carboxylic acids is 3. The fraction of sp³-hybridized carbons (Fsp3) is 0.280. The van der Waals surface area contributed by atoms with Crippen LogP contribution < -0.4 is 15.8 Å². The van der Waals surface area contributed by atoms with Gasteiger partial charge in [-0.1, -0.05) is 30.0 Å². The van der Waals surface area contributed by atoms with E-state index in [1.165, 1.54) is 21.6 Å². The van der Waals surface area contributed by atoms with E-state index in [1.807, 2.05) is 0 Å². The average Bonchev–Trinajstić information content (AvgIpc) is 3.51. The van der Waals surface area contributed by atoms with Crippen LogP contribution in [-0.4, -0.2) is 62.1 Å². The van der Waals surface area contributed by atoms with E-state index >= 15 is 0 Å². The number of furan rings is 1. The van der Waals surface area contributed by atoms with Crippen molar-refractivity contribution in [2.24, 2.45) is 0 Å². The molecule has 38 heavy (non-hydrogen) atoms. The molecule has 5 rings (SSSR count). The molecule has 0 aromatic carbocycles. The molecule has 196 valence electrons. The van der Waals surface area contributed by atoms with Crippen molar-refractivity contribution in [3.05, 3.63) is 69.4 Å². The van der Waals surface area contributed by atoms with Crippen molar-refractivity contribution < 1.29 is 23.5 Å². The first-order valence-electron chi connectivity index (χ1n) is 11.9. The summed E-state index contributed by atoms with van der Waals surface area (Å²) in [5.74, 6) is -0.537. The first-order valence-corrected chi connectivity index (χ1v) is 13.1. The topological polar surface area (TPSA) is 126 Å². The normalized spacial score (nSPS) is 18.9. The van der Waals surface area contributed by atoms with Crippen molar-refractivity contribution in [2.75, 3.05) is 24.6 Å². The van der Waals surface area contributed by atoms with Crippen molar-refractivity contribution in [1.82, 2.24) is 19.6 Å². The molecule has 2 fully saturated rings. The molecule has 2 aliphatic rings. The molecule has 13 heteroatoms. The summed E-state index contributed by atoms with van der Waals surface area (Å²) in [4.78, 5) is 60.1. The molecule has 0 bridgehead atoms. The van der Waals surface area contributed by atoms with E-state index in [1.54, 1.807) is 48.4 Å². The van der Waals surface area contributed by atoms with Gasteiger partial charge in [-0.2, -0.15) is 0 Å². The fourth-order valence-corrected chi connectivity index (χ4v) is 5.55. The third-order valence-electron chi connectivity index (χ3n) is 6.06. The Kier molecular flexibility index (Phi) is 7.29. The van der Waals surface area contributed by atoms with Crippen LogP contribution in [0.5, 0.6) is 0 Å². The molecule has 5 heterocycles. The number of ether oxygens (including phenoxy) is 1. The second kappa shape index (κ2) is 10.8. The van der Waals surface area contributed by atoms with Gasteiger partial charge in [-0.15, -0.1) is 0 Å². The number of anilines is 1. The van der Waals surface area contributed by atoms with Crippen LogP contribution in [0.15, 0.2) is 56.9 Å². The number of aromatic nitrogens is 2. The van der Waals surface area contributed by atoms with E-state index in [2.05, 4.69) is 5.32 Å². The molecule has 1 N–H and O–H groups in total. The number of rotatable bonds is 7. The van der Waals surface area contributed by atoms with Gasteiger partial charge in [-0.05, 0) is 37.3 Å². The maximum atomic E-state index is 13.7. The van der Waals surface area contributed by atoms with Gasteiger partial charge in [0.1, 0.15) is 27.6 Å². The first-order chi connectivity index (χ1) is 18.4. The van der Waals surface area contributed by atoms with Crippen molar-refractivity contribution in [2.45, 2.75) is 25.9 Å². The first kappa shape index (κ1) is 25.7. The second-order valence-electron chi connectivity index (χ2n) is 8.44. The molecule has 2 aliphatic heterocycles. The molecular formula is C25H23N5O6S2. The van der Waals surface area contributed by atoms with Crippen LogP contribution in [0.3, 0.4) is 0 Å². The van der Waals surface area contributed by atoms with Crippen LogP contribution in [0.25, 0.3) is 11.7 Å². The summed E-state index contributed by atoms with van der Waals surface area (Å²) in [6.07, 6.45) is 4.32. The smallest absolute Gasteiger partial charge is 0.308 e. The third-order valence-corrected chi connectivity index (χ3v) is 7.44. The number of nitrogens with one attached hydrogen (secondary N) is 1. The number of carbonyl (C=O) groups is 3. The van der Waals surface area contributed by atoms with Crippen LogP contribution >= 0.6 is 24.0 Å². The number of thiocarbonyl (C=S) groups is 1. The monoisotopic (exact) mass is 553 g/mol. The number of hydrogen-bond donors (Lipinski definition) is 1. The number of thioether (sulfide) groups is 1. The van der Waals surface area contributed by atoms with Gasteiger partial charge < -0.3 is 19.4 Å². The predicted octanol–water partition coefficient (Wildman–Crippen LogP) is 1.95. The lowest BCUT2D eigenvalue weighted by molar-refractivity contribution is -0.145. The van der Waals surface area contributed by atoms with Crippen molar-refractivity contribution in [1.29, 1.82) is 0 Å². The number of nitrogens with zero attached hydrogens (tertiary/aromatic N) is 4. The molecule has 1 atom stereocenters. The Hall–Kier alpha value is -3.97. The Morgan fingerprint density at radius 2 is 2.13 bits per heavy atom. The van der Waals surface area contributed by atoms with E-state index < -0.39 is 17.6 Å². The average molecular weight is 554 g/mol. The fourth-order valence-electron chi connectivity index (χ4n) is 4.31. The summed E-state index contributed by atoms with van der Waals surface area (Å²) < 4.78 is 12.1. The van der Waals surface area contributed by atoms with Gasteiger partial charge in [0.25, 0.3) is 11.5 Å². The number of esters is 1. The third kappa shape index (κ3) is 4.94. The zero-order valence-electron chi connectivity index (χ0n) is 20.3. The zero-order valence-corrected chi connectivity index (χ0v) is 21.9. The van der Waals surface area contributed by atoms with Crippen molar-refractivity contribution in [3.8, 4) is 0 Å². The summed E-state index contributed by atoms with van der Waals surface area (Å²) in [5, 5.41) is 2.76. The lowest BCUT2D eigenvalue weighted by Gasteiger charge is -2.36. The molecule has 0 spiro atoms. The quantitative estimate of drug-likeness (QED) is 0.264. The van der Waals surface area contributed by atoms with Crippen molar-refractivity contribution >= 4 is 63.6 Å². The minimum Gasteiger partial charge on any atom is -0.467 e. The maximum absolute atomic E-state index is 13.7. The van der Waals surface area contributed by atoms with Gasteiger partial charge in [-0.25, -0.2) is 4.98 Å². The molecule has 2 amide bonds. The van der Waals surface area contributed by atoms with E-state index in [9.17, 15) is 19.2 Å². The number of amides is 2. The van der Waals surface area contributed by atoms with Gasteiger partial charge in [0.15, 0.2) is 0 Å². The predicted molar refractivity (Wildman–Crippen MR) is 144 cm³/mol. The van der Waals surface area contributed by atoms with Gasteiger partial charge in [0, 0.05) is 19.3 Å². The molecule has 0 saturated carbocycles. The van der Waals surface area contributed by atoms with Crippen LogP contribution in [0.1, 0.15) is 24.7 Å². The minimum absolute atomic E-state index is 0.107. The van der Waals surface area contributed by atoms with Crippen LogP contribution in [0.2, 0.25) is 0 Å². The highest BCUT2D eigenvalue weighted by Crippen LogP contribution is 2.35. The van der Waals surface area contributed by atoms with Gasteiger partial charge >= 0.3 is 5.97 Å². The summed E-state index contributed by atoms with van der Waals surface area (Å²) >= 11 is 6.50. The van der Waals surface area contributed by atoms with E-state index in [4.69, 9.17) is 26.4 Å². The number of pyridine rings is 1. The Balaban J connectivity index is 1.60. The summed E-state index contributed by atoms with van der Waals surface area (Å²) in [6.45, 7) is 2.60.